The monoisotopic (exact) mass is 504 g/mol. The zero-order chi connectivity index (χ0) is 21.4. The standard InChI is InChI=1S/C22H15BrCl2N2O3/c1-12-2-6-16(17(23)8-12)20-7-5-15(30-20)10-19-21(28)27(22(29)26-19)11-13-3-4-14(24)9-18(13)25/h2-10H,11H2,1H3,(H,26,29)/b19-10-. The highest BCUT2D eigenvalue weighted by molar-refractivity contribution is 9.10. The van der Waals surface area contributed by atoms with Crippen LogP contribution in [-0.4, -0.2) is 16.8 Å². The Labute approximate surface area is 191 Å². The van der Waals surface area contributed by atoms with E-state index in [0.29, 0.717) is 27.1 Å². The molecular weight excluding hydrogens is 491 g/mol. The molecule has 152 valence electrons. The number of imide groups is 1. The summed E-state index contributed by atoms with van der Waals surface area (Å²) in [4.78, 5) is 26.1. The van der Waals surface area contributed by atoms with Crippen molar-refractivity contribution < 1.29 is 14.0 Å². The average molecular weight is 506 g/mol. The number of carbonyl (C=O) groups excluding carboxylic acids is 2. The zero-order valence-corrected chi connectivity index (χ0v) is 18.8. The summed E-state index contributed by atoms with van der Waals surface area (Å²) < 4.78 is 6.77. The summed E-state index contributed by atoms with van der Waals surface area (Å²) in [6, 6.07) is 13.9. The Morgan fingerprint density at radius 2 is 1.90 bits per heavy atom. The number of halogens is 3. The molecule has 0 aliphatic carbocycles. The van der Waals surface area contributed by atoms with Gasteiger partial charge >= 0.3 is 6.03 Å². The first-order valence-corrected chi connectivity index (χ1v) is 10.5. The van der Waals surface area contributed by atoms with Crippen molar-refractivity contribution in [2.24, 2.45) is 0 Å². The third-order valence-corrected chi connectivity index (χ3v) is 5.85. The van der Waals surface area contributed by atoms with Crippen molar-refractivity contribution in [2.45, 2.75) is 13.5 Å². The number of amides is 3. The Bertz CT molecular complexity index is 1200. The minimum Gasteiger partial charge on any atom is -0.457 e. The molecule has 4 rings (SSSR count). The van der Waals surface area contributed by atoms with Gasteiger partial charge in [0.25, 0.3) is 5.91 Å². The van der Waals surface area contributed by atoms with Gasteiger partial charge < -0.3 is 9.73 Å². The van der Waals surface area contributed by atoms with E-state index < -0.39 is 11.9 Å². The van der Waals surface area contributed by atoms with E-state index in [-0.39, 0.29) is 12.2 Å². The lowest BCUT2D eigenvalue weighted by Gasteiger charge is -2.13. The lowest BCUT2D eigenvalue weighted by Crippen LogP contribution is -2.30. The molecule has 0 unspecified atom stereocenters. The molecule has 1 aliphatic heterocycles. The third-order valence-electron chi connectivity index (χ3n) is 4.61. The Balaban J connectivity index is 1.56. The molecular formula is C22H15BrCl2N2O3. The fourth-order valence-corrected chi connectivity index (χ4v) is 4.23. The van der Waals surface area contributed by atoms with Crippen molar-refractivity contribution in [1.29, 1.82) is 0 Å². The van der Waals surface area contributed by atoms with Crippen LogP contribution in [-0.2, 0) is 11.3 Å². The minimum absolute atomic E-state index is 0.0394. The van der Waals surface area contributed by atoms with E-state index in [1.54, 1.807) is 24.3 Å². The Morgan fingerprint density at radius 3 is 2.63 bits per heavy atom. The van der Waals surface area contributed by atoms with Gasteiger partial charge in [-0.05, 0) is 54.4 Å². The van der Waals surface area contributed by atoms with Crippen LogP contribution < -0.4 is 5.32 Å². The average Bonchev–Trinajstić information content (AvgIpc) is 3.24. The van der Waals surface area contributed by atoms with E-state index in [1.165, 1.54) is 6.08 Å². The predicted octanol–water partition coefficient (Wildman–Crippen LogP) is 6.42. The Kier molecular flexibility index (Phi) is 5.73. The van der Waals surface area contributed by atoms with Gasteiger partial charge in [-0.2, -0.15) is 0 Å². The molecule has 0 saturated carbocycles. The molecule has 1 fully saturated rings. The number of rotatable bonds is 4. The predicted molar refractivity (Wildman–Crippen MR) is 120 cm³/mol. The molecule has 0 atom stereocenters. The van der Waals surface area contributed by atoms with Gasteiger partial charge in [-0.3, -0.25) is 9.69 Å². The maximum absolute atomic E-state index is 12.7. The molecule has 5 nitrogen and oxygen atoms in total. The number of nitrogens with one attached hydrogen (secondary N) is 1. The van der Waals surface area contributed by atoms with Crippen LogP contribution >= 0.6 is 39.1 Å². The van der Waals surface area contributed by atoms with Crippen LogP contribution in [0.25, 0.3) is 17.4 Å². The molecule has 0 bridgehead atoms. The maximum Gasteiger partial charge on any atom is 0.329 e. The second-order valence-electron chi connectivity index (χ2n) is 6.80. The quantitative estimate of drug-likeness (QED) is 0.329. The number of carbonyl (C=O) groups is 2. The molecule has 1 saturated heterocycles. The van der Waals surface area contributed by atoms with Gasteiger partial charge in [0.1, 0.15) is 17.2 Å². The van der Waals surface area contributed by atoms with Crippen LogP contribution in [0.1, 0.15) is 16.9 Å². The van der Waals surface area contributed by atoms with E-state index >= 15 is 0 Å². The lowest BCUT2D eigenvalue weighted by atomic mass is 10.1. The fraction of sp³-hybridized carbons (Fsp3) is 0.0909. The molecule has 2 aromatic carbocycles. The number of furan rings is 1. The summed E-state index contributed by atoms with van der Waals surface area (Å²) in [5.74, 6) is 0.642. The molecule has 30 heavy (non-hydrogen) atoms. The van der Waals surface area contributed by atoms with Gasteiger partial charge in [-0.1, -0.05) is 51.3 Å². The van der Waals surface area contributed by atoms with Crippen molar-refractivity contribution in [3.05, 3.63) is 85.6 Å². The van der Waals surface area contributed by atoms with Crippen LogP contribution in [0.15, 0.2) is 63.1 Å². The smallest absolute Gasteiger partial charge is 0.329 e. The van der Waals surface area contributed by atoms with Crippen molar-refractivity contribution in [3.63, 3.8) is 0 Å². The number of hydrogen-bond acceptors (Lipinski definition) is 3. The second kappa shape index (κ2) is 8.30. The first-order chi connectivity index (χ1) is 14.3. The number of hydrogen-bond donors (Lipinski definition) is 1. The maximum atomic E-state index is 12.7. The molecule has 3 amide bonds. The summed E-state index contributed by atoms with van der Waals surface area (Å²) in [7, 11) is 0. The summed E-state index contributed by atoms with van der Waals surface area (Å²) in [5, 5.41) is 3.45. The Morgan fingerprint density at radius 1 is 1.10 bits per heavy atom. The van der Waals surface area contributed by atoms with E-state index in [0.717, 1.165) is 20.5 Å². The van der Waals surface area contributed by atoms with Crippen LogP contribution in [0.3, 0.4) is 0 Å². The molecule has 0 spiro atoms. The van der Waals surface area contributed by atoms with Crippen molar-refractivity contribution in [2.75, 3.05) is 0 Å². The van der Waals surface area contributed by atoms with Crippen LogP contribution in [0.2, 0.25) is 10.0 Å². The van der Waals surface area contributed by atoms with Gasteiger partial charge in [0.05, 0.1) is 6.54 Å². The van der Waals surface area contributed by atoms with Gasteiger partial charge in [0, 0.05) is 26.2 Å². The minimum atomic E-state index is -0.523. The number of benzene rings is 2. The second-order valence-corrected chi connectivity index (χ2v) is 8.50. The molecule has 0 radical (unpaired) electrons. The molecule has 2 heterocycles. The summed E-state index contributed by atoms with van der Waals surface area (Å²) in [6.45, 7) is 2.04. The van der Waals surface area contributed by atoms with E-state index in [4.69, 9.17) is 27.6 Å². The molecule has 8 heteroatoms. The number of nitrogens with zero attached hydrogens (tertiary/aromatic N) is 1. The fourth-order valence-electron chi connectivity index (χ4n) is 3.07. The summed E-state index contributed by atoms with van der Waals surface area (Å²) in [6.07, 6.45) is 1.51. The van der Waals surface area contributed by atoms with Crippen LogP contribution in [0.4, 0.5) is 4.79 Å². The number of urea groups is 1. The van der Waals surface area contributed by atoms with Crippen LogP contribution in [0, 0.1) is 6.92 Å². The van der Waals surface area contributed by atoms with Gasteiger partial charge in [0.2, 0.25) is 0 Å². The van der Waals surface area contributed by atoms with E-state index in [2.05, 4.69) is 21.2 Å². The summed E-state index contributed by atoms with van der Waals surface area (Å²) in [5.41, 5.74) is 2.77. The van der Waals surface area contributed by atoms with Crippen LogP contribution in [0.5, 0.6) is 0 Å². The largest absolute Gasteiger partial charge is 0.457 e. The molecule has 1 aromatic heterocycles. The first kappa shape index (κ1) is 20.7. The highest BCUT2D eigenvalue weighted by Gasteiger charge is 2.34. The van der Waals surface area contributed by atoms with E-state index in [9.17, 15) is 9.59 Å². The van der Waals surface area contributed by atoms with Crippen molar-refractivity contribution in [1.82, 2.24) is 10.2 Å². The molecule has 1 N–H and O–H groups in total. The Hall–Kier alpha value is -2.54. The SMILES string of the molecule is Cc1ccc(-c2ccc(/C=C3\NC(=O)N(Cc4ccc(Cl)cc4Cl)C3=O)o2)c(Br)c1. The van der Waals surface area contributed by atoms with Gasteiger partial charge in [-0.25, -0.2) is 4.79 Å². The van der Waals surface area contributed by atoms with Crippen molar-refractivity contribution in [3.8, 4) is 11.3 Å². The van der Waals surface area contributed by atoms with Gasteiger partial charge in [-0.15, -0.1) is 0 Å². The third kappa shape index (κ3) is 4.17. The molecule has 1 aliphatic rings. The van der Waals surface area contributed by atoms with E-state index in [1.807, 2.05) is 31.2 Å². The zero-order valence-electron chi connectivity index (χ0n) is 15.7. The summed E-state index contributed by atoms with van der Waals surface area (Å²) >= 11 is 15.6. The number of aryl methyl sites for hydroxylation is 1. The van der Waals surface area contributed by atoms with Gasteiger partial charge in [0.15, 0.2) is 0 Å². The topological polar surface area (TPSA) is 62.6 Å². The highest BCUT2D eigenvalue weighted by atomic mass is 79.9. The van der Waals surface area contributed by atoms with Crippen molar-refractivity contribution >= 4 is 57.1 Å². The highest BCUT2D eigenvalue weighted by Crippen LogP contribution is 2.31. The first-order valence-electron chi connectivity index (χ1n) is 8.96. The molecule has 3 aromatic rings. The lowest BCUT2D eigenvalue weighted by molar-refractivity contribution is -0.123. The normalized spacial score (nSPS) is 15.2.